The van der Waals surface area contributed by atoms with Crippen LogP contribution in [-0.2, 0) is 5.41 Å². The molecule has 0 saturated heterocycles. The molecule has 0 aliphatic carbocycles. The van der Waals surface area contributed by atoms with Crippen molar-refractivity contribution >= 4 is 46.4 Å². The molecular formula is C25H32Cl4O4. The fourth-order valence-corrected chi connectivity index (χ4v) is 4.46. The summed E-state index contributed by atoms with van der Waals surface area (Å²) in [4.78, 5) is 0. The van der Waals surface area contributed by atoms with Gasteiger partial charge in [-0.15, -0.1) is 0 Å². The first-order chi connectivity index (χ1) is 15.3. The highest BCUT2D eigenvalue weighted by Gasteiger charge is 2.29. The molecule has 0 bridgehead atoms. The molecule has 2 atom stereocenters. The Morgan fingerprint density at radius 3 is 1.15 bits per heavy atom. The number of aliphatic hydroxyl groups excluding tert-OH is 2. The molecule has 0 spiro atoms. The Morgan fingerprint density at radius 1 is 0.667 bits per heavy atom. The molecule has 2 aromatic carbocycles. The lowest BCUT2D eigenvalue weighted by atomic mass is 9.78. The third-order valence-corrected chi connectivity index (χ3v) is 6.95. The van der Waals surface area contributed by atoms with E-state index < -0.39 is 17.6 Å². The van der Waals surface area contributed by atoms with Gasteiger partial charge in [0.15, 0.2) is 11.5 Å². The number of rotatable bonds is 10. The van der Waals surface area contributed by atoms with Gasteiger partial charge in [-0.05, 0) is 47.2 Å². The predicted octanol–water partition coefficient (Wildman–Crippen LogP) is 7.42. The third kappa shape index (κ3) is 6.62. The molecule has 0 aromatic heterocycles. The molecule has 4 nitrogen and oxygen atoms in total. The Hall–Kier alpha value is -0.880. The van der Waals surface area contributed by atoms with Crippen LogP contribution in [0.4, 0.5) is 0 Å². The van der Waals surface area contributed by atoms with Crippen LogP contribution in [0.3, 0.4) is 0 Å². The molecule has 0 saturated carbocycles. The number of ether oxygens (including phenoxy) is 2. The van der Waals surface area contributed by atoms with E-state index in [1.807, 2.05) is 41.5 Å². The minimum absolute atomic E-state index is 0.0874. The average molecular weight is 538 g/mol. The number of benzene rings is 2. The van der Waals surface area contributed by atoms with E-state index in [4.69, 9.17) is 55.9 Å². The molecule has 2 rings (SSSR count). The maximum Gasteiger partial charge on any atom is 0.157 e. The molecular weight excluding hydrogens is 506 g/mol. The molecule has 0 aliphatic rings. The molecule has 2 unspecified atom stereocenters. The van der Waals surface area contributed by atoms with Crippen molar-refractivity contribution in [1.82, 2.24) is 0 Å². The van der Waals surface area contributed by atoms with Crippen LogP contribution >= 0.6 is 46.4 Å². The zero-order valence-corrected chi connectivity index (χ0v) is 22.8. The van der Waals surface area contributed by atoms with Gasteiger partial charge in [-0.2, -0.15) is 0 Å². The Kier molecular flexibility index (Phi) is 10.1. The monoisotopic (exact) mass is 536 g/mol. The zero-order valence-electron chi connectivity index (χ0n) is 19.8. The third-order valence-electron chi connectivity index (χ3n) is 5.83. The summed E-state index contributed by atoms with van der Waals surface area (Å²) in [7, 11) is 0. The standard InChI is InChI=1S/C25H32Cl4O4/c1-13(2)21(11-30)32-23-17(26)7-15(8-18(23)27)25(5,6)16-9-19(28)24(20(29)10-16)33-22(12-31)14(3)4/h7-10,13-14,21-22,30-31H,11-12H2,1-6H3. The normalized spacial score (nSPS) is 14.0. The van der Waals surface area contributed by atoms with E-state index >= 15 is 0 Å². The highest BCUT2D eigenvalue weighted by Crippen LogP contribution is 2.44. The number of hydrogen-bond donors (Lipinski definition) is 2. The number of hydrogen-bond acceptors (Lipinski definition) is 4. The van der Waals surface area contributed by atoms with Gasteiger partial charge in [-0.3, -0.25) is 0 Å². The second-order valence-electron chi connectivity index (χ2n) is 9.33. The molecule has 2 N–H and O–H groups in total. The van der Waals surface area contributed by atoms with Crippen molar-refractivity contribution in [2.45, 2.75) is 59.2 Å². The lowest BCUT2D eigenvalue weighted by molar-refractivity contribution is 0.0802. The summed E-state index contributed by atoms with van der Waals surface area (Å²) in [5.41, 5.74) is 1.12. The summed E-state index contributed by atoms with van der Waals surface area (Å²) < 4.78 is 11.8. The molecule has 0 aliphatic heterocycles. The highest BCUT2D eigenvalue weighted by atomic mass is 35.5. The fourth-order valence-electron chi connectivity index (χ4n) is 3.30. The Bertz CT molecular complexity index is 838. The van der Waals surface area contributed by atoms with Gasteiger partial charge in [-0.25, -0.2) is 0 Å². The van der Waals surface area contributed by atoms with Crippen molar-refractivity contribution in [2.24, 2.45) is 11.8 Å². The van der Waals surface area contributed by atoms with Crippen LogP contribution < -0.4 is 9.47 Å². The lowest BCUT2D eigenvalue weighted by Gasteiger charge is -2.29. The van der Waals surface area contributed by atoms with Gasteiger partial charge in [-0.1, -0.05) is 87.9 Å². The van der Waals surface area contributed by atoms with Crippen molar-refractivity contribution in [3.63, 3.8) is 0 Å². The SMILES string of the molecule is CC(C)C(CO)Oc1c(Cl)cc(C(C)(C)c2cc(Cl)c(OC(CO)C(C)C)c(Cl)c2)cc1Cl. The fraction of sp³-hybridized carbons (Fsp3) is 0.520. The summed E-state index contributed by atoms with van der Waals surface area (Å²) in [5, 5.41) is 20.6. The van der Waals surface area contributed by atoms with Gasteiger partial charge >= 0.3 is 0 Å². The van der Waals surface area contributed by atoms with Gasteiger partial charge in [0, 0.05) is 5.41 Å². The minimum Gasteiger partial charge on any atom is -0.485 e. The van der Waals surface area contributed by atoms with Crippen LogP contribution in [-0.4, -0.2) is 35.6 Å². The van der Waals surface area contributed by atoms with Crippen LogP contribution in [0.1, 0.15) is 52.7 Å². The van der Waals surface area contributed by atoms with Crippen molar-refractivity contribution in [2.75, 3.05) is 13.2 Å². The Balaban J connectivity index is 2.43. The molecule has 0 radical (unpaired) electrons. The van der Waals surface area contributed by atoms with Crippen LogP contribution in [0.15, 0.2) is 24.3 Å². The topological polar surface area (TPSA) is 58.9 Å². The van der Waals surface area contributed by atoms with E-state index in [9.17, 15) is 10.2 Å². The van der Waals surface area contributed by atoms with E-state index in [1.165, 1.54) is 0 Å². The first-order valence-electron chi connectivity index (χ1n) is 10.9. The summed E-state index contributed by atoms with van der Waals surface area (Å²) in [6.45, 7) is 11.5. The minimum atomic E-state index is -0.555. The first-order valence-corrected chi connectivity index (χ1v) is 12.4. The van der Waals surface area contributed by atoms with Gasteiger partial charge in [0.05, 0.1) is 33.3 Å². The number of aliphatic hydroxyl groups is 2. The summed E-state index contributed by atoms with van der Waals surface area (Å²) in [6.07, 6.45) is -0.838. The molecule has 0 amide bonds. The van der Waals surface area contributed by atoms with Crippen molar-refractivity contribution in [1.29, 1.82) is 0 Å². The maximum absolute atomic E-state index is 9.59. The van der Waals surface area contributed by atoms with Crippen molar-refractivity contribution in [3.05, 3.63) is 55.5 Å². The molecule has 33 heavy (non-hydrogen) atoms. The van der Waals surface area contributed by atoms with Gasteiger partial charge in [0.25, 0.3) is 0 Å². The smallest absolute Gasteiger partial charge is 0.157 e. The lowest BCUT2D eigenvalue weighted by Crippen LogP contribution is -2.28. The van der Waals surface area contributed by atoms with E-state index in [2.05, 4.69) is 0 Å². The molecule has 0 fully saturated rings. The Morgan fingerprint density at radius 2 is 0.939 bits per heavy atom. The predicted molar refractivity (Wildman–Crippen MR) is 138 cm³/mol. The van der Waals surface area contributed by atoms with Crippen LogP contribution in [0, 0.1) is 11.8 Å². The average Bonchev–Trinajstić information content (AvgIpc) is 2.72. The Labute approximate surface area is 216 Å². The van der Waals surface area contributed by atoms with Gasteiger partial charge in [0.1, 0.15) is 12.2 Å². The maximum atomic E-state index is 9.59. The summed E-state index contributed by atoms with van der Waals surface area (Å²) in [5.74, 6) is 0.858. The van der Waals surface area contributed by atoms with Crippen LogP contribution in [0.5, 0.6) is 11.5 Å². The van der Waals surface area contributed by atoms with Crippen LogP contribution in [0.25, 0.3) is 0 Å². The summed E-state index contributed by atoms with van der Waals surface area (Å²) >= 11 is 26.2. The van der Waals surface area contributed by atoms with Crippen molar-refractivity contribution < 1.29 is 19.7 Å². The van der Waals surface area contributed by atoms with E-state index in [1.54, 1.807) is 24.3 Å². The second kappa shape index (κ2) is 11.7. The highest BCUT2D eigenvalue weighted by molar-refractivity contribution is 6.38. The zero-order chi connectivity index (χ0) is 25.1. The second-order valence-corrected chi connectivity index (χ2v) is 11.0. The van der Waals surface area contributed by atoms with Gasteiger partial charge < -0.3 is 19.7 Å². The van der Waals surface area contributed by atoms with E-state index in [-0.39, 0.29) is 25.0 Å². The number of halogens is 4. The largest absolute Gasteiger partial charge is 0.485 e. The van der Waals surface area contributed by atoms with Crippen molar-refractivity contribution in [3.8, 4) is 11.5 Å². The first kappa shape index (κ1) is 28.4. The molecule has 8 heteroatoms. The van der Waals surface area contributed by atoms with Gasteiger partial charge in [0.2, 0.25) is 0 Å². The van der Waals surface area contributed by atoms with E-state index in [0.29, 0.717) is 31.6 Å². The van der Waals surface area contributed by atoms with E-state index in [0.717, 1.165) is 11.1 Å². The quantitative estimate of drug-likeness (QED) is 0.331. The molecule has 184 valence electrons. The molecule has 2 aromatic rings. The molecule has 0 heterocycles. The van der Waals surface area contributed by atoms with Crippen LogP contribution in [0.2, 0.25) is 20.1 Å². The summed E-state index contributed by atoms with van der Waals surface area (Å²) in [6, 6.07) is 7.18.